The topological polar surface area (TPSA) is 50.0 Å². The molecule has 1 heterocycles. The van der Waals surface area contributed by atoms with Crippen LogP contribution in [0.2, 0.25) is 0 Å². The molecule has 1 aromatic heterocycles. The van der Waals surface area contributed by atoms with Crippen LogP contribution in [-0.4, -0.2) is 9.36 Å². The van der Waals surface area contributed by atoms with Gasteiger partial charge in [0.1, 0.15) is 0 Å². The largest absolute Gasteiger partial charge is 0.859 e. The molecular formula is C5H7N2O2-. The zero-order chi connectivity index (χ0) is 7.02. The smallest absolute Gasteiger partial charge is 0.265 e. The van der Waals surface area contributed by atoms with E-state index in [1.165, 1.54) is 9.36 Å². The van der Waals surface area contributed by atoms with Crippen molar-refractivity contribution >= 4 is 0 Å². The fraction of sp³-hybridized carbons (Fsp3) is 0.400. The van der Waals surface area contributed by atoms with E-state index >= 15 is 0 Å². The van der Waals surface area contributed by atoms with Crippen molar-refractivity contribution in [2.75, 3.05) is 0 Å². The molecule has 9 heavy (non-hydrogen) atoms. The molecule has 50 valence electrons. The molecule has 0 N–H and O–H groups in total. The van der Waals surface area contributed by atoms with Crippen LogP contribution in [0.5, 0.6) is 5.88 Å². The monoisotopic (exact) mass is 127 g/mol. The molecule has 0 radical (unpaired) electrons. The molecule has 0 spiro atoms. The lowest BCUT2D eigenvalue weighted by atomic mass is 10.7. The fourth-order valence-corrected chi connectivity index (χ4v) is 0.588. The minimum absolute atomic E-state index is 0.262. The molecule has 0 aliphatic carbocycles. The number of hydrogen-bond donors (Lipinski definition) is 0. The molecule has 0 unspecified atom stereocenters. The van der Waals surface area contributed by atoms with E-state index in [9.17, 15) is 9.90 Å². The summed E-state index contributed by atoms with van der Waals surface area (Å²) in [7, 11) is 3.09. The van der Waals surface area contributed by atoms with Crippen LogP contribution in [0.25, 0.3) is 0 Å². The Hall–Kier alpha value is -1.19. The van der Waals surface area contributed by atoms with E-state index in [0.717, 1.165) is 6.07 Å². The maximum absolute atomic E-state index is 10.6. The first kappa shape index (κ1) is 5.94. The molecule has 0 bridgehead atoms. The van der Waals surface area contributed by atoms with Gasteiger partial charge in [-0.25, -0.2) is 0 Å². The highest BCUT2D eigenvalue weighted by Crippen LogP contribution is 1.94. The molecule has 0 atom stereocenters. The predicted molar refractivity (Wildman–Crippen MR) is 30.1 cm³/mol. The minimum atomic E-state index is -0.262. The third kappa shape index (κ3) is 0.718. The highest BCUT2D eigenvalue weighted by molar-refractivity contribution is 5.03. The molecule has 0 saturated heterocycles. The summed E-state index contributed by atoms with van der Waals surface area (Å²) in [6.45, 7) is 0. The average Bonchev–Trinajstić information content (AvgIpc) is 1.98. The SMILES string of the molecule is Cn1c([O-])cc(=O)n1C. The van der Waals surface area contributed by atoms with E-state index in [2.05, 4.69) is 0 Å². The lowest BCUT2D eigenvalue weighted by Gasteiger charge is -2.06. The van der Waals surface area contributed by atoms with Crippen molar-refractivity contribution in [2.45, 2.75) is 0 Å². The molecule has 4 nitrogen and oxygen atoms in total. The third-order valence-corrected chi connectivity index (χ3v) is 1.33. The van der Waals surface area contributed by atoms with Crippen molar-refractivity contribution in [2.24, 2.45) is 14.1 Å². The van der Waals surface area contributed by atoms with Gasteiger partial charge in [0.05, 0.1) is 0 Å². The highest BCUT2D eigenvalue weighted by atomic mass is 16.3. The van der Waals surface area contributed by atoms with Crippen LogP contribution < -0.4 is 10.7 Å². The van der Waals surface area contributed by atoms with Crippen molar-refractivity contribution in [1.29, 1.82) is 0 Å². The van der Waals surface area contributed by atoms with Gasteiger partial charge in [-0.2, -0.15) is 0 Å². The van der Waals surface area contributed by atoms with Crippen LogP contribution in [0.1, 0.15) is 0 Å². The molecule has 1 rings (SSSR count). The Balaban J connectivity index is 3.47. The average molecular weight is 127 g/mol. The maximum atomic E-state index is 10.6. The van der Waals surface area contributed by atoms with E-state index in [-0.39, 0.29) is 11.4 Å². The third-order valence-electron chi connectivity index (χ3n) is 1.33. The summed E-state index contributed by atoms with van der Waals surface area (Å²) in [6, 6.07) is 1.06. The van der Waals surface area contributed by atoms with Crippen LogP contribution >= 0.6 is 0 Å². The Morgan fingerprint density at radius 2 is 2.00 bits per heavy atom. The second-order valence-corrected chi connectivity index (χ2v) is 1.87. The molecule has 0 aliphatic rings. The van der Waals surface area contributed by atoms with Gasteiger partial charge in [-0.05, 0) is 5.88 Å². The summed E-state index contributed by atoms with van der Waals surface area (Å²) in [5.74, 6) is -0.262. The standard InChI is InChI=1S/C5H8N2O2/c1-6-4(8)3-5(9)7(6)2/h3,8H,1-2H3/p-1. The first-order valence-electron chi connectivity index (χ1n) is 2.53. The Morgan fingerprint density at radius 3 is 2.11 bits per heavy atom. The Bertz CT molecular complexity index is 271. The number of nitrogens with zero attached hydrogens (tertiary/aromatic N) is 2. The van der Waals surface area contributed by atoms with E-state index in [1.807, 2.05) is 0 Å². The first-order valence-corrected chi connectivity index (χ1v) is 2.53. The lowest BCUT2D eigenvalue weighted by molar-refractivity contribution is -0.279. The van der Waals surface area contributed by atoms with Crippen molar-refractivity contribution < 1.29 is 5.11 Å². The second kappa shape index (κ2) is 1.65. The molecule has 0 aromatic carbocycles. The van der Waals surface area contributed by atoms with Crippen molar-refractivity contribution in [1.82, 2.24) is 9.36 Å². The van der Waals surface area contributed by atoms with Gasteiger partial charge in [0.2, 0.25) is 0 Å². The van der Waals surface area contributed by atoms with Gasteiger partial charge in [-0.3, -0.25) is 9.48 Å². The van der Waals surface area contributed by atoms with Crippen LogP contribution in [0.3, 0.4) is 0 Å². The van der Waals surface area contributed by atoms with Gasteiger partial charge in [0.25, 0.3) is 5.56 Å². The minimum Gasteiger partial charge on any atom is -0.859 e. The lowest BCUT2D eigenvalue weighted by Crippen LogP contribution is -2.16. The van der Waals surface area contributed by atoms with E-state index in [0.29, 0.717) is 0 Å². The van der Waals surface area contributed by atoms with Gasteiger partial charge < -0.3 is 9.79 Å². The van der Waals surface area contributed by atoms with E-state index in [1.54, 1.807) is 14.1 Å². The molecule has 0 saturated carbocycles. The Kier molecular flexibility index (Phi) is 1.09. The quantitative estimate of drug-likeness (QED) is 0.439. The highest BCUT2D eigenvalue weighted by Gasteiger charge is 1.92. The Morgan fingerprint density at radius 1 is 1.44 bits per heavy atom. The van der Waals surface area contributed by atoms with E-state index in [4.69, 9.17) is 0 Å². The van der Waals surface area contributed by atoms with E-state index < -0.39 is 0 Å². The van der Waals surface area contributed by atoms with Crippen LogP contribution in [0.4, 0.5) is 0 Å². The Labute approximate surface area is 51.9 Å². The van der Waals surface area contributed by atoms with Crippen molar-refractivity contribution in [3.63, 3.8) is 0 Å². The van der Waals surface area contributed by atoms with Gasteiger partial charge >= 0.3 is 0 Å². The van der Waals surface area contributed by atoms with Gasteiger partial charge in [-0.15, -0.1) is 0 Å². The maximum Gasteiger partial charge on any atom is 0.265 e. The number of aromatic nitrogens is 2. The van der Waals surface area contributed by atoms with Gasteiger partial charge in [-0.1, -0.05) is 0 Å². The van der Waals surface area contributed by atoms with Gasteiger partial charge in [0.15, 0.2) is 0 Å². The van der Waals surface area contributed by atoms with Crippen molar-refractivity contribution in [3.8, 4) is 5.88 Å². The van der Waals surface area contributed by atoms with Crippen LogP contribution in [-0.2, 0) is 14.1 Å². The summed E-state index contributed by atoms with van der Waals surface area (Å²) in [6.07, 6.45) is 0. The summed E-state index contributed by atoms with van der Waals surface area (Å²) < 4.78 is 2.50. The molecule has 4 heteroatoms. The molecule has 0 fully saturated rings. The van der Waals surface area contributed by atoms with Crippen molar-refractivity contribution in [3.05, 3.63) is 16.4 Å². The molecule has 0 aliphatic heterocycles. The first-order chi connectivity index (χ1) is 4.13. The fourth-order valence-electron chi connectivity index (χ4n) is 0.588. The number of hydrogen-bond acceptors (Lipinski definition) is 2. The zero-order valence-corrected chi connectivity index (χ0v) is 5.29. The van der Waals surface area contributed by atoms with Gasteiger partial charge in [0, 0.05) is 20.2 Å². The molecule has 1 aromatic rings. The van der Waals surface area contributed by atoms with Crippen LogP contribution in [0.15, 0.2) is 10.9 Å². The molecule has 0 amide bonds. The second-order valence-electron chi connectivity index (χ2n) is 1.87. The molecular weight excluding hydrogens is 120 g/mol. The summed E-state index contributed by atoms with van der Waals surface area (Å²) >= 11 is 0. The number of rotatable bonds is 0. The zero-order valence-electron chi connectivity index (χ0n) is 5.29. The summed E-state index contributed by atoms with van der Waals surface area (Å²) in [4.78, 5) is 10.6. The summed E-state index contributed by atoms with van der Waals surface area (Å²) in [5, 5.41) is 10.6. The van der Waals surface area contributed by atoms with Crippen LogP contribution in [0, 0.1) is 0 Å². The normalized spacial score (nSPS) is 10.0. The predicted octanol–water partition coefficient (Wildman–Crippen LogP) is -1.20. The summed E-state index contributed by atoms with van der Waals surface area (Å²) in [5.41, 5.74) is -0.262.